The summed E-state index contributed by atoms with van der Waals surface area (Å²) in [5, 5.41) is 7.69. The Labute approximate surface area is 120 Å². The summed E-state index contributed by atoms with van der Waals surface area (Å²) < 4.78 is 5.76. The van der Waals surface area contributed by atoms with Crippen molar-refractivity contribution >= 4 is 11.8 Å². The largest absolute Gasteiger partial charge is 0.438 e. The van der Waals surface area contributed by atoms with Gasteiger partial charge in [-0.2, -0.15) is 4.98 Å². The van der Waals surface area contributed by atoms with Crippen LogP contribution in [0.2, 0.25) is 0 Å². The van der Waals surface area contributed by atoms with Crippen molar-refractivity contribution in [1.82, 2.24) is 20.2 Å². The number of hydrogen-bond donors (Lipinski definition) is 2. The lowest BCUT2D eigenvalue weighted by Crippen LogP contribution is -2.05. The first-order chi connectivity index (χ1) is 10.2. The lowest BCUT2D eigenvalue weighted by atomic mass is 10.2. The van der Waals surface area contributed by atoms with Crippen LogP contribution in [0.3, 0.4) is 0 Å². The molecule has 0 aliphatic rings. The zero-order valence-electron chi connectivity index (χ0n) is 11.0. The third-order valence-corrected chi connectivity index (χ3v) is 2.71. The molecule has 0 radical (unpaired) electrons. The van der Waals surface area contributed by atoms with Gasteiger partial charge in [-0.05, 0) is 24.3 Å². The second kappa shape index (κ2) is 5.41. The van der Waals surface area contributed by atoms with Gasteiger partial charge in [0.1, 0.15) is 11.4 Å². The Hall–Kier alpha value is -3.22. The first-order valence-corrected chi connectivity index (χ1v) is 6.18. The van der Waals surface area contributed by atoms with Crippen LogP contribution in [0.4, 0.5) is 11.8 Å². The van der Waals surface area contributed by atoms with Gasteiger partial charge in [0.05, 0.1) is 5.56 Å². The molecule has 7 heteroatoms. The molecule has 4 N–H and O–H groups in total. The van der Waals surface area contributed by atoms with Crippen molar-refractivity contribution in [1.29, 1.82) is 0 Å². The van der Waals surface area contributed by atoms with E-state index in [4.69, 9.17) is 16.2 Å². The molecule has 2 heterocycles. The second-order valence-corrected chi connectivity index (χ2v) is 4.18. The van der Waals surface area contributed by atoms with Crippen LogP contribution >= 0.6 is 0 Å². The van der Waals surface area contributed by atoms with Crippen molar-refractivity contribution in [3.63, 3.8) is 0 Å². The number of anilines is 2. The zero-order valence-corrected chi connectivity index (χ0v) is 11.0. The molecule has 2 aromatic heterocycles. The molecule has 0 saturated carbocycles. The highest BCUT2D eigenvalue weighted by atomic mass is 16.5. The quantitative estimate of drug-likeness (QED) is 0.753. The normalized spacial score (nSPS) is 10.3. The summed E-state index contributed by atoms with van der Waals surface area (Å²) in [7, 11) is 0. The van der Waals surface area contributed by atoms with Gasteiger partial charge in [-0.3, -0.25) is 0 Å². The standard InChI is InChI=1S/C14H12N6O/c15-12-11(19-20-14(16)18-12)10-7-4-8-17-13(10)21-9-5-2-1-3-6-9/h1-8H,(H4,15,16,18,20). The number of ether oxygens (including phenoxy) is 1. The smallest absolute Gasteiger partial charge is 0.242 e. The van der Waals surface area contributed by atoms with E-state index < -0.39 is 0 Å². The van der Waals surface area contributed by atoms with Gasteiger partial charge in [0, 0.05) is 6.20 Å². The van der Waals surface area contributed by atoms with Gasteiger partial charge in [-0.1, -0.05) is 18.2 Å². The summed E-state index contributed by atoms with van der Waals surface area (Å²) >= 11 is 0. The van der Waals surface area contributed by atoms with E-state index in [2.05, 4.69) is 20.2 Å². The average Bonchev–Trinajstić information content (AvgIpc) is 2.49. The number of rotatable bonds is 3. The lowest BCUT2D eigenvalue weighted by Gasteiger charge is -2.10. The predicted octanol–water partition coefficient (Wildman–Crippen LogP) is 1.89. The van der Waals surface area contributed by atoms with Crippen LogP contribution in [-0.2, 0) is 0 Å². The van der Waals surface area contributed by atoms with Gasteiger partial charge in [-0.15, -0.1) is 10.2 Å². The van der Waals surface area contributed by atoms with E-state index >= 15 is 0 Å². The third-order valence-electron chi connectivity index (χ3n) is 2.71. The van der Waals surface area contributed by atoms with Gasteiger partial charge in [0.25, 0.3) is 0 Å². The summed E-state index contributed by atoms with van der Waals surface area (Å²) in [5.41, 5.74) is 12.3. The minimum Gasteiger partial charge on any atom is -0.438 e. The topological polar surface area (TPSA) is 113 Å². The molecule has 0 aliphatic carbocycles. The molecule has 0 aliphatic heterocycles. The monoisotopic (exact) mass is 280 g/mol. The molecule has 1 aromatic carbocycles. The van der Waals surface area contributed by atoms with Crippen molar-refractivity contribution in [2.24, 2.45) is 0 Å². The Balaban J connectivity index is 2.03. The van der Waals surface area contributed by atoms with E-state index in [1.54, 1.807) is 18.3 Å². The molecule has 7 nitrogen and oxygen atoms in total. The van der Waals surface area contributed by atoms with Gasteiger partial charge in [0.2, 0.25) is 11.8 Å². The van der Waals surface area contributed by atoms with Crippen LogP contribution in [0.5, 0.6) is 11.6 Å². The fraction of sp³-hybridized carbons (Fsp3) is 0. The Morgan fingerprint density at radius 3 is 2.48 bits per heavy atom. The molecular formula is C14H12N6O. The second-order valence-electron chi connectivity index (χ2n) is 4.18. The SMILES string of the molecule is Nc1nnc(-c2cccnc2Oc2ccccc2)c(N)n1. The first kappa shape index (κ1) is 12.8. The molecule has 104 valence electrons. The zero-order chi connectivity index (χ0) is 14.7. The van der Waals surface area contributed by atoms with E-state index in [0.717, 1.165) is 0 Å². The van der Waals surface area contributed by atoms with E-state index in [9.17, 15) is 0 Å². The maximum absolute atomic E-state index is 5.84. The highest BCUT2D eigenvalue weighted by Gasteiger charge is 2.14. The number of aromatic nitrogens is 4. The maximum Gasteiger partial charge on any atom is 0.242 e. The summed E-state index contributed by atoms with van der Waals surface area (Å²) in [6.45, 7) is 0. The molecule has 0 amide bonds. The van der Waals surface area contributed by atoms with Crippen LogP contribution in [-0.4, -0.2) is 20.2 Å². The van der Waals surface area contributed by atoms with Gasteiger partial charge < -0.3 is 16.2 Å². The van der Waals surface area contributed by atoms with Crippen molar-refractivity contribution in [3.05, 3.63) is 48.7 Å². The van der Waals surface area contributed by atoms with Crippen LogP contribution in [0.25, 0.3) is 11.3 Å². The Kier molecular flexibility index (Phi) is 3.30. The summed E-state index contributed by atoms with van der Waals surface area (Å²) in [5.74, 6) is 1.22. The van der Waals surface area contributed by atoms with Crippen LogP contribution in [0, 0.1) is 0 Å². The Morgan fingerprint density at radius 1 is 0.905 bits per heavy atom. The molecule has 0 atom stereocenters. The molecule has 0 fully saturated rings. The summed E-state index contributed by atoms with van der Waals surface area (Å²) in [4.78, 5) is 8.11. The van der Waals surface area contributed by atoms with Gasteiger partial charge >= 0.3 is 0 Å². The Bertz CT molecular complexity index is 762. The number of pyridine rings is 1. The lowest BCUT2D eigenvalue weighted by molar-refractivity contribution is 0.464. The number of nitrogen functional groups attached to an aromatic ring is 2. The van der Waals surface area contributed by atoms with Crippen molar-refractivity contribution in [2.75, 3.05) is 11.5 Å². The highest BCUT2D eigenvalue weighted by Crippen LogP contribution is 2.32. The summed E-state index contributed by atoms with van der Waals surface area (Å²) in [6.07, 6.45) is 1.62. The van der Waals surface area contributed by atoms with Crippen LogP contribution in [0.15, 0.2) is 48.7 Å². The van der Waals surface area contributed by atoms with E-state index in [1.165, 1.54) is 0 Å². The average molecular weight is 280 g/mol. The number of para-hydroxylation sites is 1. The highest BCUT2D eigenvalue weighted by molar-refractivity contribution is 5.73. The molecule has 0 saturated heterocycles. The van der Waals surface area contributed by atoms with E-state index in [0.29, 0.717) is 22.9 Å². The number of hydrogen-bond acceptors (Lipinski definition) is 7. The van der Waals surface area contributed by atoms with Crippen LogP contribution < -0.4 is 16.2 Å². The van der Waals surface area contributed by atoms with Gasteiger partial charge in [-0.25, -0.2) is 4.98 Å². The van der Waals surface area contributed by atoms with Gasteiger partial charge in [0.15, 0.2) is 5.82 Å². The molecular weight excluding hydrogens is 268 g/mol. The predicted molar refractivity (Wildman–Crippen MR) is 78.4 cm³/mol. The van der Waals surface area contributed by atoms with E-state index in [-0.39, 0.29) is 11.8 Å². The maximum atomic E-state index is 5.84. The minimum atomic E-state index is 0.0191. The number of nitrogens with zero attached hydrogens (tertiary/aromatic N) is 4. The molecule has 0 unspecified atom stereocenters. The number of benzene rings is 1. The molecule has 21 heavy (non-hydrogen) atoms. The summed E-state index contributed by atoms with van der Waals surface area (Å²) in [6, 6.07) is 12.8. The molecule has 3 rings (SSSR count). The fourth-order valence-electron chi connectivity index (χ4n) is 1.80. The van der Waals surface area contributed by atoms with Crippen molar-refractivity contribution in [2.45, 2.75) is 0 Å². The van der Waals surface area contributed by atoms with Crippen molar-refractivity contribution < 1.29 is 4.74 Å². The first-order valence-electron chi connectivity index (χ1n) is 6.18. The number of nitrogens with two attached hydrogens (primary N) is 2. The molecule has 0 bridgehead atoms. The van der Waals surface area contributed by atoms with Crippen LogP contribution in [0.1, 0.15) is 0 Å². The molecule has 0 spiro atoms. The minimum absolute atomic E-state index is 0.0191. The van der Waals surface area contributed by atoms with E-state index in [1.807, 2.05) is 30.3 Å². The van der Waals surface area contributed by atoms with Crippen molar-refractivity contribution in [3.8, 4) is 22.9 Å². The molecule has 3 aromatic rings. The fourth-order valence-corrected chi connectivity index (χ4v) is 1.80. The Morgan fingerprint density at radius 2 is 1.71 bits per heavy atom. The third kappa shape index (κ3) is 2.71.